The Morgan fingerprint density at radius 3 is 2.70 bits per heavy atom. The zero-order chi connectivity index (χ0) is 15.0. The number of halogens is 2. The molecular formula is C13H17BrFNO2S2. The van der Waals surface area contributed by atoms with Crippen molar-refractivity contribution in [2.45, 2.75) is 29.9 Å². The van der Waals surface area contributed by atoms with Gasteiger partial charge in [-0.2, -0.15) is 16.1 Å². The van der Waals surface area contributed by atoms with Gasteiger partial charge in [0.25, 0.3) is 0 Å². The lowest BCUT2D eigenvalue weighted by Gasteiger charge is -2.22. The molecule has 0 spiro atoms. The summed E-state index contributed by atoms with van der Waals surface area (Å²) in [5, 5.41) is 0. The predicted octanol–water partition coefficient (Wildman–Crippen LogP) is 3.49. The lowest BCUT2D eigenvalue weighted by Crippen LogP contribution is -2.33. The van der Waals surface area contributed by atoms with E-state index in [1.165, 1.54) is 16.4 Å². The summed E-state index contributed by atoms with van der Waals surface area (Å²) in [5.74, 6) is 0.196. The molecule has 0 atom stereocenters. The highest BCUT2D eigenvalue weighted by molar-refractivity contribution is 9.10. The molecule has 3 nitrogen and oxygen atoms in total. The average molecular weight is 382 g/mol. The Kier molecular flexibility index (Phi) is 4.83. The van der Waals surface area contributed by atoms with Crippen molar-refractivity contribution in [2.24, 2.45) is 0 Å². The number of hydrogen-bond donors (Lipinski definition) is 0. The summed E-state index contributed by atoms with van der Waals surface area (Å²) in [5.41, 5.74) is 0. The lowest BCUT2D eigenvalue weighted by molar-refractivity contribution is 0.415. The summed E-state index contributed by atoms with van der Waals surface area (Å²) in [7, 11) is -3.62. The minimum Gasteiger partial charge on any atom is -0.207 e. The second-order valence-corrected chi connectivity index (χ2v) is 9.93. The Labute approximate surface area is 132 Å². The van der Waals surface area contributed by atoms with Crippen LogP contribution in [0.1, 0.15) is 20.3 Å². The predicted molar refractivity (Wildman–Crippen MR) is 84.0 cm³/mol. The monoisotopic (exact) mass is 381 g/mol. The van der Waals surface area contributed by atoms with Gasteiger partial charge in [-0.05, 0) is 40.5 Å². The van der Waals surface area contributed by atoms with Crippen LogP contribution in [0.3, 0.4) is 0 Å². The maximum Gasteiger partial charge on any atom is 0.243 e. The van der Waals surface area contributed by atoms with Gasteiger partial charge in [0.2, 0.25) is 10.0 Å². The van der Waals surface area contributed by atoms with Gasteiger partial charge in [0.15, 0.2) is 0 Å². The molecule has 1 aliphatic rings. The van der Waals surface area contributed by atoms with Crippen molar-refractivity contribution >= 4 is 37.7 Å². The number of nitrogens with zero attached hydrogens (tertiary/aromatic N) is 1. The third-order valence-electron chi connectivity index (χ3n) is 3.33. The zero-order valence-corrected chi connectivity index (χ0v) is 14.6. The summed E-state index contributed by atoms with van der Waals surface area (Å²) < 4.78 is 40.4. The van der Waals surface area contributed by atoms with Crippen molar-refractivity contribution in [1.82, 2.24) is 4.31 Å². The van der Waals surface area contributed by atoms with Crippen molar-refractivity contribution in [3.8, 4) is 0 Å². The van der Waals surface area contributed by atoms with Crippen LogP contribution in [0.25, 0.3) is 0 Å². The standard InChI is InChI=1S/C13H17BrFNO2S2/c1-13(2)5-6-16(7-8-19-13)20(17,18)10-3-4-11(14)12(15)9-10/h3-4,9H,5-8H2,1-2H3. The van der Waals surface area contributed by atoms with Crippen LogP contribution >= 0.6 is 27.7 Å². The second kappa shape index (κ2) is 5.94. The van der Waals surface area contributed by atoms with Crippen LogP contribution in [0.15, 0.2) is 27.6 Å². The van der Waals surface area contributed by atoms with Gasteiger partial charge in [-0.15, -0.1) is 0 Å². The number of hydrogen-bond acceptors (Lipinski definition) is 3. The molecule has 20 heavy (non-hydrogen) atoms. The zero-order valence-electron chi connectivity index (χ0n) is 11.4. The van der Waals surface area contributed by atoms with E-state index in [0.717, 1.165) is 18.2 Å². The quantitative estimate of drug-likeness (QED) is 0.786. The van der Waals surface area contributed by atoms with E-state index in [-0.39, 0.29) is 14.1 Å². The maximum absolute atomic E-state index is 13.5. The summed E-state index contributed by atoms with van der Waals surface area (Å²) in [6.07, 6.45) is 0.788. The second-order valence-electron chi connectivity index (χ2n) is 5.34. The molecular weight excluding hydrogens is 365 g/mol. The van der Waals surface area contributed by atoms with E-state index >= 15 is 0 Å². The lowest BCUT2D eigenvalue weighted by atomic mass is 10.1. The van der Waals surface area contributed by atoms with Gasteiger partial charge in [-0.25, -0.2) is 12.8 Å². The topological polar surface area (TPSA) is 37.4 Å². The molecule has 2 rings (SSSR count). The Morgan fingerprint density at radius 2 is 2.05 bits per heavy atom. The fourth-order valence-corrected chi connectivity index (χ4v) is 4.94. The highest BCUT2D eigenvalue weighted by Crippen LogP contribution is 2.32. The molecule has 0 bridgehead atoms. The number of sulfonamides is 1. The molecule has 0 aliphatic carbocycles. The molecule has 1 heterocycles. The van der Waals surface area contributed by atoms with E-state index in [0.29, 0.717) is 13.1 Å². The molecule has 1 saturated heterocycles. The van der Waals surface area contributed by atoms with E-state index < -0.39 is 15.8 Å². The van der Waals surface area contributed by atoms with Crippen LogP contribution in [0, 0.1) is 5.82 Å². The normalized spacial score (nSPS) is 20.6. The fourth-order valence-electron chi connectivity index (χ4n) is 2.03. The van der Waals surface area contributed by atoms with E-state index in [4.69, 9.17) is 0 Å². The van der Waals surface area contributed by atoms with Crippen LogP contribution in [-0.2, 0) is 10.0 Å². The van der Waals surface area contributed by atoms with Crippen molar-refractivity contribution in [3.05, 3.63) is 28.5 Å². The average Bonchev–Trinajstić information content (AvgIpc) is 2.54. The molecule has 1 aliphatic heterocycles. The number of benzene rings is 1. The van der Waals surface area contributed by atoms with Gasteiger partial charge in [-0.1, -0.05) is 13.8 Å². The molecule has 7 heteroatoms. The third-order valence-corrected chi connectivity index (χ3v) is 7.24. The minimum absolute atomic E-state index is 0.0166. The Balaban J connectivity index is 2.28. The first kappa shape index (κ1) is 16.3. The molecule has 0 aromatic heterocycles. The first-order valence-corrected chi connectivity index (χ1v) is 9.53. The first-order chi connectivity index (χ1) is 9.22. The minimum atomic E-state index is -3.62. The molecule has 1 aromatic rings. The van der Waals surface area contributed by atoms with E-state index in [9.17, 15) is 12.8 Å². The molecule has 1 fully saturated rings. The molecule has 1 aromatic carbocycles. The molecule has 0 N–H and O–H groups in total. The Hall–Kier alpha value is -0.110. The molecule has 0 amide bonds. The maximum atomic E-state index is 13.5. The third kappa shape index (κ3) is 3.55. The van der Waals surface area contributed by atoms with Crippen molar-refractivity contribution in [3.63, 3.8) is 0 Å². The first-order valence-electron chi connectivity index (χ1n) is 6.31. The van der Waals surface area contributed by atoms with E-state index in [2.05, 4.69) is 29.8 Å². The smallest absolute Gasteiger partial charge is 0.207 e. The molecule has 112 valence electrons. The van der Waals surface area contributed by atoms with E-state index in [1.54, 1.807) is 11.8 Å². The van der Waals surface area contributed by atoms with Gasteiger partial charge in [0.05, 0.1) is 9.37 Å². The van der Waals surface area contributed by atoms with Gasteiger partial charge in [0.1, 0.15) is 5.82 Å². The van der Waals surface area contributed by atoms with Crippen molar-refractivity contribution < 1.29 is 12.8 Å². The highest BCUT2D eigenvalue weighted by Gasteiger charge is 2.31. The highest BCUT2D eigenvalue weighted by atomic mass is 79.9. The van der Waals surface area contributed by atoms with Crippen LogP contribution in [0.4, 0.5) is 4.39 Å². The fraction of sp³-hybridized carbons (Fsp3) is 0.538. The number of rotatable bonds is 2. The van der Waals surface area contributed by atoms with Gasteiger partial charge >= 0.3 is 0 Å². The van der Waals surface area contributed by atoms with Gasteiger partial charge in [-0.3, -0.25) is 0 Å². The van der Waals surface area contributed by atoms with Crippen molar-refractivity contribution in [2.75, 3.05) is 18.8 Å². The van der Waals surface area contributed by atoms with Crippen LogP contribution in [0.2, 0.25) is 0 Å². The van der Waals surface area contributed by atoms with Crippen LogP contribution in [0.5, 0.6) is 0 Å². The summed E-state index contributed by atoms with van der Waals surface area (Å²) >= 11 is 4.81. The van der Waals surface area contributed by atoms with Gasteiger partial charge in [0, 0.05) is 23.6 Å². The van der Waals surface area contributed by atoms with E-state index in [1.807, 2.05) is 0 Å². The SMILES string of the molecule is CC1(C)CCN(S(=O)(=O)c2ccc(Br)c(F)c2)CCS1. The molecule has 0 radical (unpaired) electrons. The van der Waals surface area contributed by atoms with Crippen LogP contribution in [-0.4, -0.2) is 36.3 Å². The summed E-state index contributed by atoms with van der Waals surface area (Å²) in [6.45, 7) is 5.17. The Morgan fingerprint density at radius 1 is 1.35 bits per heavy atom. The van der Waals surface area contributed by atoms with Crippen LogP contribution < -0.4 is 0 Å². The summed E-state index contributed by atoms with van der Waals surface area (Å²) in [6, 6.07) is 3.94. The molecule has 0 saturated carbocycles. The molecule has 0 unspecified atom stereocenters. The van der Waals surface area contributed by atoms with Crippen molar-refractivity contribution in [1.29, 1.82) is 0 Å². The largest absolute Gasteiger partial charge is 0.243 e. The number of thioether (sulfide) groups is 1. The summed E-state index contributed by atoms with van der Waals surface area (Å²) in [4.78, 5) is 0.0166. The Bertz CT molecular complexity index is 604. The van der Waals surface area contributed by atoms with Gasteiger partial charge < -0.3 is 0 Å².